The summed E-state index contributed by atoms with van der Waals surface area (Å²) in [5.74, 6) is -3.26. The molecular formula is C27H28F3N3O2. The van der Waals surface area contributed by atoms with E-state index < -0.39 is 29.4 Å². The molecule has 0 radical (unpaired) electrons. The average molecular weight is 484 g/mol. The molecule has 35 heavy (non-hydrogen) atoms. The molecule has 1 fully saturated rings. The van der Waals surface area contributed by atoms with Crippen LogP contribution in [-0.4, -0.2) is 17.4 Å². The first kappa shape index (κ1) is 24.9. The normalized spacial score (nSPS) is 22.2. The van der Waals surface area contributed by atoms with E-state index >= 15 is 0 Å². The molecule has 0 saturated carbocycles. The maximum atomic E-state index is 13.7. The van der Waals surface area contributed by atoms with Gasteiger partial charge in [0.1, 0.15) is 23.1 Å². The Morgan fingerprint density at radius 2 is 1.20 bits per heavy atom. The summed E-state index contributed by atoms with van der Waals surface area (Å²) in [4.78, 5) is 13.5. The highest BCUT2D eigenvalue weighted by molar-refractivity contribution is 5.81. The van der Waals surface area contributed by atoms with Crippen LogP contribution in [0.25, 0.3) is 0 Å². The SMILES string of the molecule is CC(C)(C)OC(=O)C1(NCc2ccc(F)cc2)NC(c2ccc(F)cc2)C(c2ccc(F)cc2)N1. The van der Waals surface area contributed by atoms with Crippen molar-refractivity contribution in [2.45, 2.75) is 50.8 Å². The maximum Gasteiger partial charge on any atom is 0.357 e. The monoisotopic (exact) mass is 483 g/mol. The van der Waals surface area contributed by atoms with Crippen LogP contribution in [0, 0.1) is 17.5 Å². The van der Waals surface area contributed by atoms with E-state index in [1.807, 2.05) is 0 Å². The van der Waals surface area contributed by atoms with Crippen LogP contribution in [0.3, 0.4) is 0 Å². The van der Waals surface area contributed by atoms with Gasteiger partial charge in [0.2, 0.25) is 5.79 Å². The smallest absolute Gasteiger partial charge is 0.357 e. The molecule has 2 atom stereocenters. The third-order valence-electron chi connectivity index (χ3n) is 5.71. The van der Waals surface area contributed by atoms with E-state index in [1.54, 1.807) is 57.2 Å². The van der Waals surface area contributed by atoms with Crippen LogP contribution in [0.15, 0.2) is 72.8 Å². The molecule has 0 amide bonds. The zero-order chi connectivity index (χ0) is 25.2. The summed E-state index contributed by atoms with van der Waals surface area (Å²) in [5, 5.41) is 9.85. The third kappa shape index (κ3) is 5.90. The lowest BCUT2D eigenvalue weighted by atomic mass is 9.95. The number of hydrogen-bond acceptors (Lipinski definition) is 5. The minimum atomic E-state index is -1.54. The Balaban J connectivity index is 1.73. The van der Waals surface area contributed by atoms with Gasteiger partial charge in [-0.2, -0.15) is 0 Å². The second-order valence-electron chi connectivity index (χ2n) is 9.58. The highest BCUT2D eigenvalue weighted by Crippen LogP contribution is 2.37. The van der Waals surface area contributed by atoms with Gasteiger partial charge in [0.25, 0.3) is 0 Å². The van der Waals surface area contributed by atoms with E-state index in [4.69, 9.17) is 4.74 Å². The van der Waals surface area contributed by atoms with Crippen LogP contribution in [0.2, 0.25) is 0 Å². The average Bonchev–Trinajstić information content (AvgIpc) is 3.20. The lowest BCUT2D eigenvalue weighted by molar-refractivity contribution is -0.166. The number of halogens is 3. The van der Waals surface area contributed by atoms with E-state index in [2.05, 4.69) is 16.0 Å². The number of esters is 1. The van der Waals surface area contributed by atoms with Gasteiger partial charge in [0, 0.05) is 6.54 Å². The minimum Gasteiger partial charge on any atom is -0.457 e. The fraction of sp³-hybridized carbons (Fsp3) is 0.296. The second kappa shape index (κ2) is 9.81. The Bertz CT molecular complexity index is 1110. The fourth-order valence-corrected chi connectivity index (χ4v) is 4.05. The Labute approximate surface area is 202 Å². The minimum absolute atomic E-state index is 0.214. The van der Waals surface area contributed by atoms with Crippen LogP contribution in [0.1, 0.15) is 49.5 Å². The standard InChI is InChI=1S/C27H28F3N3O2/c1-26(2,3)35-25(34)27(31-16-17-4-10-20(28)11-5-17)32-23(18-6-12-21(29)13-7-18)24(33-27)19-8-14-22(30)15-9-19/h4-15,23-24,31-33H,16H2,1-3H3. The number of ether oxygens (including phenoxy) is 1. The molecular weight excluding hydrogens is 455 g/mol. The molecule has 1 heterocycles. The number of nitrogens with one attached hydrogen (secondary N) is 3. The Kier molecular flexibility index (Phi) is 6.98. The number of rotatable bonds is 6. The fourth-order valence-electron chi connectivity index (χ4n) is 4.05. The van der Waals surface area contributed by atoms with Crippen molar-refractivity contribution in [3.05, 3.63) is 107 Å². The highest BCUT2D eigenvalue weighted by Gasteiger charge is 2.52. The number of hydrogen-bond donors (Lipinski definition) is 3. The lowest BCUT2D eigenvalue weighted by Crippen LogP contribution is -2.67. The van der Waals surface area contributed by atoms with Crippen molar-refractivity contribution >= 4 is 5.97 Å². The molecule has 0 bridgehead atoms. The molecule has 4 rings (SSSR count). The quantitative estimate of drug-likeness (QED) is 0.437. The van der Waals surface area contributed by atoms with Crippen molar-refractivity contribution in [3.8, 4) is 0 Å². The third-order valence-corrected chi connectivity index (χ3v) is 5.71. The van der Waals surface area contributed by atoms with Crippen molar-refractivity contribution in [3.63, 3.8) is 0 Å². The highest BCUT2D eigenvalue weighted by atomic mass is 19.1. The zero-order valence-electron chi connectivity index (χ0n) is 19.7. The van der Waals surface area contributed by atoms with Crippen LogP contribution in [0.5, 0.6) is 0 Å². The molecule has 1 aliphatic heterocycles. The van der Waals surface area contributed by atoms with Gasteiger partial charge in [-0.05, 0) is 73.9 Å². The van der Waals surface area contributed by atoms with E-state index in [0.29, 0.717) is 0 Å². The summed E-state index contributed by atoms with van der Waals surface area (Å²) in [5.41, 5.74) is 1.43. The molecule has 3 N–H and O–H groups in total. The first-order chi connectivity index (χ1) is 16.5. The Morgan fingerprint density at radius 3 is 1.60 bits per heavy atom. The van der Waals surface area contributed by atoms with Crippen molar-refractivity contribution in [1.82, 2.24) is 16.0 Å². The molecule has 3 aromatic carbocycles. The largest absolute Gasteiger partial charge is 0.457 e. The second-order valence-corrected chi connectivity index (χ2v) is 9.58. The van der Waals surface area contributed by atoms with E-state index in [1.165, 1.54) is 36.4 Å². The van der Waals surface area contributed by atoms with E-state index in [0.717, 1.165) is 16.7 Å². The molecule has 0 aliphatic carbocycles. The van der Waals surface area contributed by atoms with Gasteiger partial charge >= 0.3 is 5.97 Å². The summed E-state index contributed by atoms with van der Waals surface area (Å²) in [6.45, 7) is 5.51. The summed E-state index contributed by atoms with van der Waals surface area (Å²) < 4.78 is 46.4. The maximum absolute atomic E-state index is 13.7. The van der Waals surface area contributed by atoms with E-state index in [9.17, 15) is 18.0 Å². The summed E-state index contributed by atoms with van der Waals surface area (Å²) >= 11 is 0. The molecule has 8 heteroatoms. The van der Waals surface area contributed by atoms with Crippen molar-refractivity contribution in [1.29, 1.82) is 0 Å². The molecule has 2 unspecified atom stereocenters. The van der Waals surface area contributed by atoms with Gasteiger partial charge in [-0.3, -0.25) is 16.0 Å². The topological polar surface area (TPSA) is 62.4 Å². The van der Waals surface area contributed by atoms with Gasteiger partial charge < -0.3 is 4.74 Å². The van der Waals surface area contributed by atoms with Crippen LogP contribution in [-0.2, 0) is 16.1 Å². The van der Waals surface area contributed by atoms with Crippen molar-refractivity contribution < 1.29 is 22.7 Å². The first-order valence-electron chi connectivity index (χ1n) is 11.3. The zero-order valence-corrected chi connectivity index (χ0v) is 19.7. The van der Waals surface area contributed by atoms with Crippen LogP contribution in [0.4, 0.5) is 13.2 Å². The first-order valence-corrected chi connectivity index (χ1v) is 11.3. The number of benzene rings is 3. The molecule has 1 saturated heterocycles. The van der Waals surface area contributed by atoms with Gasteiger partial charge in [-0.25, -0.2) is 18.0 Å². The molecule has 184 valence electrons. The van der Waals surface area contributed by atoms with Gasteiger partial charge in [0.15, 0.2) is 0 Å². The summed E-state index contributed by atoms with van der Waals surface area (Å²) in [7, 11) is 0. The molecule has 0 aromatic heterocycles. The number of carbonyl (C=O) groups is 1. The molecule has 1 aliphatic rings. The van der Waals surface area contributed by atoms with Gasteiger partial charge in [-0.1, -0.05) is 36.4 Å². The predicted octanol–water partition coefficient (Wildman–Crippen LogP) is 4.86. The summed E-state index contributed by atoms with van der Waals surface area (Å²) in [6, 6.07) is 16.9. The van der Waals surface area contributed by atoms with Gasteiger partial charge in [0.05, 0.1) is 12.1 Å². The molecule has 3 aromatic rings. The summed E-state index contributed by atoms with van der Waals surface area (Å²) in [6.07, 6.45) is 0. The lowest BCUT2D eigenvalue weighted by Gasteiger charge is -2.33. The Hall–Kier alpha value is -3.20. The Morgan fingerprint density at radius 1 is 0.800 bits per heavy atom. The van der Waals surface area contributed by atoms with Crippen LogP contribution < -0.4 is 16.0 Å². The van der Waals surface area contributed by atoms with Gasteiger partial charge in [-0.15, -0.1) is 0 Å². The molecule has 5 nitrogen and oxygen atoms in total. The van der Waals surface area contributed by atoms with E-state index in [-0.39, 0.29) is 24.0 Å². The van der Waals surface area contributed by atoms with Crippen LogP contribution >= 0.6 is 0 Å². The van der Waals surface area contributed by atoms with Crippen molar-refractivity contribution in [2.75, 3.05) is 0 Å². The number of carbonyl (C=O) groups excluding carboxylic acids is 1. The van der Waals surface area contributed by atoms with Crippen molar-refractivity contribution in [2.24, 2.45) is 0 Å². The molecule has 0 spiro atoms. The predicted molar refractivity (Wildman–Crippen MR) is 126 cm³/mol.